The summed E-state index contributed by atoms with van der Waals surface area (Å²) in [6, 6.07) is 13.3. The number of nitro groups is 1. The summed E-state index contributed by atoms with van der Waals surface area (Å²) in [4.78, 5) is 10.9. The summed E-state index contributed by atoms with van der Waals surface area (Å²) < 4.78 is 0.719. The summed E-state index contributed by atoms with van der Waals surface area (Å²) in [5, 5.41) is 11.2. The highest BCUT2D eigenvalue weighted by atomic mass is 79.9. The highest BCUT2D eigenvalue weighted by Crippen LogP contribution is 2.32. The normalized spacial score (nSPS) is 10.7. The summed E-state index contributed by atoms with van der Waals surface area (Å²) in [5.74, 6) is 0. The highest BCUT2D eigenvalue weighted by molar-refractivity contribution is 9.10. The summed E-state index contributed by atoms with van der Waals surface area (Å²) in [6.07, 6.45) is 7.44. The van der Waals surface area contributed by atoms with Gasteiger partial charge < -0.3 is 0 Å². The van der Waals surface area contributed by atoms with Crippen LogP contribution < -0.4 is 0 Å². The van der Waals surface area contributed by atoms with E-state index in [9.17, 15) is 10.1 Å². The molecule has 0 radical (unpaired) electrons. The molecule has 0 aliphatic heterocycles. The van der Waals surface area contributed by atoms with Gasteiger partial charge in [-0.2, -0.15) is 0 Å². The number of benzene rings is 2. The lowest BCUT2D eigenvalue weighted by Crippen LogP contribution is -1.92. The number of aryl methyl sites for hydroxylation is 1. The van der Waals surface area contributed by atoms with Crippen LogP contribution in [-0.4, -0.2) is 4.92 Å². The van der Waals surface area contributed by atoms with Gasteiger partial charge >= 0.3 is 0 Å². The Morgan fingerprint density at radius 1 is 1.00 bits per heavy atom. The Balaban J connectivity index is 2.06. The molecule has 0 N–H and O–H groups in total. The molecule has 0 fully saturated rings. The highest BCUT2D eigenvalue weighted by Gasteiger charge is 2.15. The van der Waals surface area contributed by atoms with Gasteiger partial charge in [0.1, 0.15) is 0 Å². The number of hydrogen-bond donors (Lipinski definition) is 0. The van der Waals surface area contributed by atoms with Crippen molar-refractivity contribution in [1.29, 1.82) is 0 Å². The first-order valence-corrected chi connectivity index (χ1v) is 8.94. The first-order chi connectivity index (χ1) is 11.1. The molecule has 0 aliphatic carbocycles. The molecule has 0 atom stereocenters. The molecule has 2 aromatic rings. The number of unbranched alkanes of at least 4 members (excludes halogenated alkanes) is 4. The molecule has 0 aromatic heterocycles. The molecule has 2 rings (SSSR count). The van der Waals surface area contributed by atoms with E-state index in [1.807, 2.05) is 18.2 Å². The fourth-order valence-corrected chi connectivity index (χ4v) is 3.03. The molecule has 2 aromatic carbocycles. The van der Waals surface area contributed by atoms with Gasteiger partial charge in [0.25, 0.3) is 5.69 Å². The molecule has 0 aliphatic rings. The summed E-state index contributed by atoms with van der Waals surface area (Å²) in [5.41, 5.74) is 2.98. The Hall–Kier alpha value is -1.68. The van der Waals surface area contributed by atoms with Crippen LogP contribution in [0.1, 0.15) is 44.6 Å². The van der Waals surface area contributed by atoms with Gasteiger partial charge in [0.15, 0.2) is 0 Å². The second-order valence-electron chi connectivity index (χ2n) is 5.78. The van der Waals surface area contributed by atoms with Crippen molar-refractivity contribution in [1.82, 2.24) is 0 Å². The SMILES string of the molecule is CCCCCCCc1ccc(-c2ccc(Br)cc2[N+](=O)[O-])cc1. The second-order valence-corrected chi connectivity index (χ2v) is 6.70. The molecule has 0 saturated carbocycles. The van der Waals surface area contributed by atoms with Gasteiger partial charge in [-0.1, -0.05) is 72.8 Å². The standard InChI is InChI=1S/C19H22BrNO2/c1-2-3-4-5-6-7-15-8-10-16(11-9-15)18-13-12-17(20)14-19(18)21(22)23/h8-14H,2-7H2,1H3. The summed E-state index contributed by atoms with van der Waals surface area (Å²) in [7, 11) is 0. The number of nitro benzene ring substituents is 1. The van der Waals surface area contributed by atoms with E-state index in [2.05, 4.69) is 35.0 Å². The lowest BCUT2D eigenvalue weighted by Gasteiger charge is -2.06. The monoisotopic (exact) mass is 375 g/mol. The summed E-state index contributed by atoms with van der Waals surface area (Å²) >= 11 is 3.29. The number of nitrogens with zero attached hydrogens (tertiary/aromatic N) is 1. The average molecular weight is 376 g/mol. The zero-order valence-corrected chi connectivity index (χ0v) is 15.0. The van der Waals surface area contributed by atoms with Crippen molar-refractivity contribution in [3.05, 3.63) is 62.6 Å². The van der Waals surface area contributed by atoms with Crippen LogP contribution in [0.25, 0.3) is 11.1 Å². The third-order valence-corrected chi connectivity index (χ3v) is 4.48. The maximum absolute atomic E-state index is 11.2. The average Bonchev–Trinajstić information content (AvgIpc) is 2.55. The maximum Gasteiger partial charge on any atom is 0.278 e. The molecule has 0 unspecified atom stereocenters. The van der Waals surface area contributed by atoms with E-state index < -0.39 is 0 Å². The molecule has 4 heteroatoms. The van der Waals surface area contributed by atoms with Crippen LogP contribution in [0.4, 0.5) is 5.69 Å². The quantitative estimate of drug-likeness (QED) is 0.298. The van der Waals surface area contributed by atoms with E-state index in [0.717, 1.165) is 16.5 Å². The zero-order valence-electron chi connectivity index (χ0n) is 13.4. The Morgan fingerprint density at radius 2 is 1.70 bits per heavy atom. The van der Waals surface area contributed by atoms with Crippen LogP contribution in [0.2, 0.25) is 0 Å². The van der Waals surface area contributed by atoms with E-state index in [1.54, 1.807) is 12.1 Å². The van der Waals surface area contributed by atoms with Gasteiger partial charge in [-0.15, -0.1) is 0 Å². The fourth-order valence-electron chi connectivity index (χ4n) is 2.68. The number of rotatable bonds is 8. The molecular formula is C19H22BrNO2. The van der Waals surface area contributed by atoms with Gasteiger partial charge in [0, 0.05) is 10.5 Å². The van der Waals surface area contributed by atoms with E-state index in [4.69, 9.17) is 0 Å². The minimum atomic E-state index is -0.332. The van der Waals surface area contributed by atoms with Gasteiger partial charge in [-0.05, 0) is 36.1 Å². The van der Waals surface area contributed by atoms with E-state index in [-0.39, 0.29) is 10.6 Å². The van der Waals surface area contributed by atoms with Crippen LogP contribution >= 0.6 is 15.9 Å². The first-order valence-electron chi connectivity index (χ1n) is 8.15. The van der Waals surface area contributed by atoms with Crippen molar-refractivity contribution in [2.24, 2.45) is 0 Å². The van der Waals surface area contributed by atoms with E-state index >= 15 is 0 Å². The topological polar surface area (TPSA) is 43.1 Å². The third-order valence-electron chi connectivity index (χ3n) is 3.99. The Kier molecular flexibility index (Phi) is 6.78. The molecule has 3 nitrogen and oxygen atoms in total. The number of halogens is 1. The molecule has 0 amide bonds. The van der Waals surface area contributed by atoms with Crippen molar-refractivity contribution in [2.45, 2.75) is 45.4 Å². The van der Waals surface area contributed by atoms with E-state index in [0.29, 0.717) is 5.56 Å². The van der Waals surface area contributed by atoms with E-state index in [1.165, 1.54) is 37.7 Å². The fraction of sp³-hybridized carbons (Fsp3) is 0.368. The van der Waals surface area contributed by atoms with Gasteiger partial charge in [-0.3, -0.25) is 10.1 Å². The Morgan fingerprint density at radius 3 is 2.35 bits per heavy atom. The molecule has 0 bridgehead atoms. The zero-order chi connectivity index (χ0) is 16.7. The predicted octanol–water partition coefficient (Wildman–Crippen LogP) is 6.54. The van der Waals surface area contributed by atoms with Crippen LogP contribution in [0, 0.1) is 10.1 Å². The number of hydrogen-bond acceptors (Lipinski definition) is 2. The Bertz CT molecular complexity index is 653. The van der Waals surface area contributed by atoms with Crippen LogP contribution in [0.3, 0.4) is 0 Å². The third kappa shape index (κ3) is 5.17. The van der Waals surface area contributed by atoms with Crippen LogP contribution in [-0.2, 0) is 6.42 Å². The minimum Gasteiger partial charge on any atom is -0.258 e. The molecule has 23 heavy (non-hydrogen) atoms. The molecule has 0 spiro atoms. The van der Waals surface area contributed by atoms with Gasteiger partial charge in [0.2, 0.25) is 0 Å². The molecule has 0 heterocycles. The van der Waals surface area contributed by atoms with Crippen molar-refractivity contribution < 1.29 is 4.92 Å². The van der Waals surface area contributed by atoms with Crippen molar-refractivity contribution in [3.8, 4) is 11.1 Å². The second kappa shape index (κ2) is 8.82. The predicted molar refractivity (Wildman–Crippen MR) is 98.7 cm³/mol. The summed E-state index contributed by atoms with van der Waals surface area (Å²) in [6.45, 7) is 2.22. The molecular weight excluding hydrogens is 354 g/mol. The largest absolute Gasteiger partial charge is 0.278 e. The van der Waals surface area contributed by atoms with Gasteiger partial charge in [-0.25, -0.2) is 0 Å². The molecule has 122 valence electrons. The van der Waals surface area contributed by atoms with Crippen molar-refractivity contribution in [2.75, 3.05) is 0 Å². The Labute approximate surface area is 146 Å². The lowest BCUT2D eigenvalue weighted by atomic mass is 10.00. The maximum atomic E-state index is 11.2. The lowest BCUT2D eigenvalue weighted by molar-refractivity contribution is -0.384. The van der Waals surface area contributed by atoms with Gasteiger partial charge in [0.05, 0.1) is 10.5 Å². The van der Waals surface area contributed by atoms with Crippen LogP contribution in [0.15, 0.2) is 46.9 Å². The smallest absolute Gasteiger partial charge is 0.258 e. The molecule has 0 saturated heterocycles. The van der Waals surface area contributed by atoms with Crippen molar-refractivity contribution >= 4 is 21.6 Å². The van der Waals surface area contributed by atoms with Crippen molar-refractivity contribution in [3.63, 3.8) is 0 Å². The minimum absolute atomic E-state index is 0.131. The first kappa shape index (κ1) is 17.7. The van der Waals surface area contributed by atoms with Crippen LogP contribution in [0.5, 0.6) is 0 Å².